The highest BCUT2D eigenvalue weighted by atomic mass is 32.2. The van der Waals surface area contributed by atoms with E-state index in [0.717, 1.165) is 15.7 Å². The summed E-state index contributed by atoms with van der Waals surface area (Å²) in [5, 5.41) is 30.3. The summed E-state index contributed by atoms with van der Waals surface area (Å²) in [7, 11) is 0. The Hall–Kier alpha value is -2.45. The zero-order valence-electron chi connectivity index (χ0n) is 15.6. The van der Waals surface area contributed by atoms with Gasteiger partial charge in [-0.1, -0.05) is 44.2 Å². The third kappa shape index (κ3) is 3.38. The van der Waals surface area contributed by atoms with Gasteiger partial charge in [0.05, 0.1) is 5.69 Å². The van der Waals surface area contributed by atoms with Crippen molar-refractivity contribution in [3.05, 3.63) is 76.9 Å². The first kappa shape index (κ1) is 18.9. The molecule has 1 aromatic heterocycles. The fraction of sp³-hybridized carbons (Fsp3) is 0.238. The van der Waals surface area contributed by atoms with Gasteiger partial charge >= 0.3 is 6.03 Å². The number of anilines is 1. The molecule has 1 unspecified atom stereocenters. The molecule has 144 valence electrons. The van der Waals surface area contributed by atoms with Gasteiger partial charge in [0.1, 0.15) is 6.04 Å². The third-order valence-electron chi connectivity index (χ3n) is 4.96. The molecule has 2 amide bonds. The molecule has 6 nitrogen and oxygen atoms in total. The van der Waals surface area contributed by atoms with Crippen LogP contribution in [0.5, 0.6) is 0 Å². The number of hydrogen-bond acceptors (Lipinski definition) is 5. The van der Waals surface area contributed by atoms with Gasteiger partial charge in [0.25, 0.3) is 0 Å². The van der Waals surface area contributed by atoms with E-state index >= 15 is 0 Å². The van der Waals surface area contributed by atoms with Gasteiger partial charge in [-0.25, -0.2) is 4.79 Å². The number of carbonyl (C=O) groups excluding carboxylic acids is 1. The van der Waals surface area contributed by atoms with Crippen molar-refractivity contribution in [1.82, 2.24) is 4.98 Å². The number of carbonyl (C=O) groups is 1. The molecule has 0 saturated heterocycles. The molecule has 2 heterocycles. The van der Waals surface area contributed by atoms with Crippen molar-refractivity contribution in [2.45, 2.75) is 36.0 Å². The van der Waals surface area contributed by atoms with Crippen LogP contribution in [0.4, 0.5) is 10.5 Å². The summed E-state index contributed by atoms with van der Waals surface area (Å²) in [5.41, 5.74) is 1.06. The number of nitrogens with zero attached hydrogens (tertiary/aromatic N) is 2. The molecule has 4 rings (SSSR count). The topological polar surface area (TPSA) is 88.1 Å². The predicted octanol–water partition coefficient (Wildman–Crippen LogP) is 5.59. The highest BCUT2D eigenvalue weighted by Crippen LogP contribution is 2.51. The molecule has 2 aromatic carbocycles. The minimum atomic E-state index is -2.25. The average molecular weight is 394 g/mol. The number of hydroxylamine groups is 4. The third-order valence-corrected chi connectivity index (χ3v) is 6.28. The van der Waals surface area contributed by atoms with Gasteiger partial charge in [-0.3, -0.25) is 10.3 Å². The van der Waals surface area contributed by atoms with Crippen LogP contribution in [-0.4, -0.2) is 20.6 Å². The number of rotatable bonds is 2. The van der Waals surface area contributed by atoms with Crippen LogP contribution < -0.4 is 5.32 Å². The second-order valence-corrected chi connectivity index (χ2v) is 9.30. The summed E-state index contributed by atoms with van der Waals surface area (Å²) in [4.78, 5) is 15.5. The van der Waals surface area contributed by atoms with E-state index in [1.54, 1.807) is 54.5 Å². The fourth-order valence-corrected chi connectivity index (χ4v) is 4.94. The molecular weight excluding hydrogens is 374 g/mol. The van der Waals surface area contributed by atoms with Crippen molar-refractivity contribution < 1.29 is 9.60 Å². The number of fused-ring (bicyclic) bond motifs is 2. The Morgan fingerprint density at radius 1 is 1.18 bits per heavy atom. The smallest absolute Gasteiger partial charge is 0.421 e. The largest absolute Gasteiger partial charge is 0.622 e. The Morgan fingerprint density at radius 2 is 1.96 bits per heavy atom. The minimum absolute atomic E-state index is 0.314. The number of amides is 2. The van der Waals surface area contributed by atoms with Crippen LogP contribution >= 0.6 is 11.8 Å². The lowest BCUT2D eigenvalue weighted by molar-refractivity contribution is -0.780. The molecule has 0 spiro atoms. The van der Waals surface area contributed by atoms with Gasteiger partial charge in [-0.15, -0.1) is 11.8 Å². The molecule has 0 radical (unpaired) electrons. The molecule has 1 N–H and O–H groups in total. The SMILES string of the molecule is CC1(C)CC([N+]([O-])([O-])C(=O)Nc2cccc3cnccc23)c2ccccc2S1. The van der Waals surface area contributed by atoms with Crippen molar-refractivity contribution in [1.29, 1.82) is 0 Å². The first-order valence-electron chi connectivity index (χ1n) is 9.01. The molecule has 0 aliphatic carbocycles. The van der Waals surface area contributed by atoms with E-state index in [9.17, 15) is 15.2 Å². The average Bonchev–Trinajstić information content (AvgIpc) is 2.67. The number of quaternary nitrogens is 1. The maximum atomic E-state index is 13.1. The summed E-state index contributed by atoms with van der Waals surface area (Å²) < 4.78 is -0.317. The second-order valence-electron chi connectivity index (χ2n) is 7.55. The molecule has 0 fully saturated rings. The summed E-state index contributed by atoms with van der Waals surface area (Å²) >= 11 is 1.63. The van der Waals surface area contributed by atoms with Gasteiger partial charge in [-0.05, 0) is 18.2 Å². The van der Waals surface area contributed by atoms with Crippen molar-refractivity contribution in [2.75, 3.05) is 5.32 Å². The van der Waals surface area contributed by atoms with Crippen LogP contribution in [0.1, 0.15) is 31.9 Å². The zero-order chi connectivity index (χ0) is 19.9. The van der Waals surface area contributed by atoms with Crippen molar-refractivity contribution in [3.63, 3.8) is 0 Å². The molecule has 1 aliphatic heterocycles. The molecule has 1 atom stereocenters. The normalized spacial score (nSPS) is 18.5. The van der Waals surface area contributed by atoms with Gasteiger partial charge in [-0.2, -0.15) is 0 Å². The van der Waals surface area contributed by atoms with Crippen molar-refractivity contribution >= 4 is 34.3 Å². The predicted molar refractivity (Wildman–Crippen MR) is 111 cm³/mol. The van der Waals surface area contributed by atoms with Gasteiger partial charge < -0.3 is 15.2 Å². The molecular formula is C21H20N3O3S-. The highest BCUT2D eigenvalue weighted by Gasteiger charge is 2.41. The zero-order valence-corrected chi connectivity index (χ0v) is 16.4. The number of nitrogens with one attached hydrogen (secondary N) is 1. The quantitative estimate of drug-likeness (QED) is 0.452. The van der Waals surface area contributed by atoms with Crippen LogP contribution in [0.25, 0.3) is 10.8 Å². The Kier molecular flexibility index (Phi) is 4.63. The first-order chi connectivity index (χ1) is 13.3. The van der Waals surface area contributed by atoms with E-state index in [0.29, 0.717) is 17.7 Å². The lowest BCUT2D eigenvalue weighted by Gasteiger charge is -2.52. The Labute approximate surface area is 167 Å². The van der Waals surface area contributed by atoms with Gasteiger partial charge in [0.15, 0.2) is 0 Å². The Morgan fingerprint density at radius 3 is 2.79 bits per heavy atom. The van der Waals surface area contributed by atoms with E-state index in [-0.39, 0.29) is 4.75 Å². The Bertz CT molecular complexity index is 1050. The van der Waals surface area contributed by atoms with Crippen molar-refractivity contribution in [2.24, 2.45) is 0 Å². The number of pyridine rings is 1. The number of benzene rings is 2. The van der Waals surface area contributed by atoms with Gasteiger partial charge in [0.2, 0.25) is 0 Å². The molecule has 7 heteroatoms. The number of urea groups is 1. The van der Waals surface area contributed by atoms with Crippen molar-refractivity contribution in [3.8, 4) is 0 Å². The van der Waals surface area contributed by atoms with E-state index in [2.05, 4.69) is 10.3 Å². The maximum absolute atomic E-state index is 13.1. The molecule has 28 heavy (non-hydrogen) atoms. The Balaban J connectivity index is 1.69. The number of hydrogen-bond donors (Lipinski definition) is 1. The van der Waals surface area contributed by atoms with E-state index in [1.807, 2.05) is 32.0 Å². The number of thioether (sulfide) groups is 1. The van der Waals surface area contributed by atoms with Crippen LogP contribution in [0.2, 0.25) is 0 Å². The van der Waals surface area contributed by atoms with Crippen LogP contribution in [0, 0.1) is 10.4 Å². The minimum Gasteiger partial charge on any atom is -0.622 e. The highest BCUT2D eigenvalue weighted by molar-refractivity contribution is 8.00. The van der Waals surface area contributed by atoms with Gasteiger partial charge in [0, 0.05) is 44.8 Å². The standard InChI is InChI=1S/C21H20N3O3S/c1-21(2)12-18(16-7-3-4-9-19(16)28-21)24(26,27)20(25)23-17-8-5-6-14-13-22-11-10-15(14)17/h3-11,13,18H,12H2,1-2H3,(H,23,25)/q-1. The van der Waals surface area contributed by atoms with Crippen LogP contribution in [-0.2, 0) is 0 Å². The monoisotopic (exact) mass is 394 g/mol. The van der Waals surface area contributed by atoms with E-state index in [1.165, 1.54) is 0 Å². The van der Waals surface area contributed by atoms with Crippen LogP contribution in [0.15, 0.2) is 65.8 Å². The molecule has 1 aliphatic rings. The lowest BCUT2D eigenvalue weighted by Crippen LogP contribution is -2.50. The summed E-state index contributed by atoms with van der Waals surface area (Å²) in [6.07, 6.45) is 3.58. The van der Waals surface area contributed by atoms with E-state index < -0.39 is 16.9 Å². The van der Waals surface area contributed by atoms with E-state index in [4.69, 9.17) is 0 Å². The first-order valence-corrected chi connectivity index (χ1v) is 9.82. The maximum Gasteiger partial charge on any atom is 0.421 e. The fourth-order valence-electron chi connectivity index (χ4n) is 3.63. The molecule has 0 bridgehead atoms. The summed E-state index contributed by atoms with van der Waals surface area (Å²) in [5.74, 6) is 0. The van der Waals surface area contributed by atoms with Crippen LogP contribution in [0.3, 0.4) is 0 Å². The lowest BCUT2D eigenvalue weighted by atomic mass is 9.95. The summed E-state index contributed by atoms with van der Waals surface area (Å²) in [6.45, 7) is 3.96. The molecule has 0 saturated carbocycles. The second kappa shape index (κ2) is 6.86. The summed E-state index contributed by atoms with van der Waals surface area (Å²) in [6, 6.07) is 12.2. The molecule has 3 aromatic rings. The number of aromatic nitrogens is 1.